The summed E-state index contributed by atoms with van der Waals surface area (Å²) in [5, 5.41) is 0. The van der Waals surface area contributed by atoms with Gasteiger partial charge in [-0.05, 0) is 24.1 Å². The number of aromatic nitrogens is 1. The van der Waals surface area contributed by atoms with Crippen molar-refractivity contribution in [2.75, 3.05) is 0 Å². The second-order valence-electron chi connectivity index (χ2n) is 2.63. The summed E-state index contributed by atoms with van der Waals surface area (Å²) in [4.78, 5) is 4.41. The van der Waals surface area contributed by atoms with E-state index in [1.54, 1.807) is 12.2 Å². The van der Waals surface area contributed by atoms with Crippen molar-refractivity contribution in [2.45, 2.75) is 13.3 Å². The number of hydrogen-bond donors (Lipinski definition) is 0. The third kappa shape index (κ3) is 2.43. The van der Waals surface area contributed by atoms with Crippen LogP contribution < -0.4 is 0 Å². The monoisotopic (exact) mass is 193 g/mol. The SMILES string of the molecule is C=Cc1ccc(CC)nc1/C=C/Cl. The lowest BCUT2D eigenvalue weighted by Crippen LogP contribution is -1.92. The Morgan fingerprint density at radius 2 is 2.31 bits per heavy atom. The van der Waals surface area contributed by atoms with Gasteiger partial charge in [0, 0.05) is 11.2 Å². The molecule has 0 saturated heterocycles. The highest BCUT2D eigenvalue weighted by molar-refractivity contribution is 6.27. The van der Waals surface area contributed by atoms with E-state index in [4.69, 9.17) is 11.6 Å². The molecule has 1 aromatic heterocycles. The van der Waals surface area contributed by atoms with E-state index in [1.807, 2.05) is 12.1 Å². The van der Waals surface area contributed by atoms with E-state index in [0.29, 0.717) is 0 Å². The van der Waals surface area contributed by atoms with Crippen LogP contribution in [0.5, 0.6) is 0 Å². The zero-order valence-electron chi connectivity index (χ0n) is 7.63. The van der Waals surface area contributed by atoms with Gasteiger partial charge < -0.3 is 0 Å². The molecule has 0 fully saturated rings. The second-order valence-corrected chi connectivity index (χ2v) is 2.88. The van der Waals surface area contributed by atoms with Crippen LogP contribution in [-0.4, -0.2) is 4.98 Å². The number of pyridine rings is 1. The highest BCUT2D eigenvalue weighted by atomic mass is 35.5. The van der Waals surface area contributed by atoms with Crippen molar-refractivity contribution in [3.63, 3.8) is 0 Å². The van der Waals surface area contributed by atoms with E-state index in [9.17, 15) is 0 Å². The summed E-state index contributed by atoms with van der Waals surface area (Å²) >= 11 is 5.51. The van der Waals surface area contributed by atoms with E-state index in [0.717, 1.165) is 23.4 Å². The van der Waals surface area contributed by atoms with Crippen molar-refractivity contribution in [3.05, 3.63) is 41.2 Å². The zero-order chi connectivity index (χ0) is 9.68. The third-order valence-corrected chi connectivity index (χ3v) is 1.94. The molecule has 68 valence electrons. The molecule has 0 saturated carbocycles. The molecule has 1 heterocycles. The maximum absolute atomic E-state index is 5.51. The van der Waals surface area contributed by atoms with Crippen LogP contribution in [0.1, 0.15) is 23.9 Å². The van der Waals surface area contributed by atoms with Gasteiger partial charge in [0.25, 0.3) is 0 Å². The van der Waals surface area contributed by atoms with Gasteiger partial charge in [-0.25, -0.2) is 0 Å². The van der Waals surface area contributed by atoms with Crippen LogP contribution >= 0.6 is 11.6 Å². The molecule has 1 rings (SSSR count). The highest BCUT2D eigenvalue weighted by Gasteiger charge is 1.98. The maximum atomic E-state index is 5.51. The molecule has 1 aromatic rings. The van der Waals surface area contributed by atoms with Gasteiger partial charge in [0.05, 0.1) is 5.69 Å². The molecule has 0 aliphatic heterocycles. The number of halogens is 1. The lowest BCUT2D eigenvalue weighted by atomic mass is 10.1. The third-order valence-electron chi connectivity index (χ3n) is 1.82. The van der Waals surface area contributed by atoms with E-state index >= 15 is 0 Å². The van der Waals surface area contributed by atoms with E-state index in [1.165, 1.54) is 5.54 Å². The molecular weight excluding hydrogens is 182 g/mol. The quantitative estimate of drug-likeness (QED) is 0.716. The molecular formula is C11H12ClN. The lowest BCUT2D eigenvalue weighted by molar-refractivity contribution is 1.03. The van der Waals surface area contributed by atoms with Crippen LogP contribution in [0.25, 0.3) is 12.2 Å². The Kier molecular flexibility index (Phi) is 3.71. The Morgan fingerprint density at radius 3 is 2.85 bits per heavy atom. The Hall–Kier alpha value is -1.08. The molecule has 0 radical (unpaired) electrons. The fraction of sp³-hybridized carbons (Fsp3) is 0.182. The van der Waals surface area contributed by atoms with Crippen LogP contribution in [0.4, 0.5) is 0 Å². The van der Waals surface area contributed by atoms with Crippen LogP contribution in [0.3, 0.4) is 0 Å². The van der Waals surface area contributed by atoms with Crippen molar-refractivity contribution in [1.29, 1.82) is 0 Å². The summed E-state index contributed by atoms with van der Waals surface area (Å²) in [6, 6.07) is 4.01. The average Bonchev–Trinajstić information content (AvgIpc) is 2.18. The van der Waals surface area contributed by atoms with Gasteiger partial charge in [-0.2, -0.15) is 0 Å². The summed E-state index contributed by atoms with van der Waals surface area (Å²) < 4.78 is 0. The Bertz CT molecular complexity index is 329. The zero-order valence-corrected chi connectivity index (χ0v) is 8.38. The van der Waals surface area contributed by atoms with Crippen LogP contribution in [0.2, 0.25) is 0 Å². The average molecular weight is 194 g/mol. The van der Waals surface area contributed by atoms with Crippen LogP contribution in [0, 0.1) is 0 Å². The van der Waals surface area contributed by atoms with Gasteiger partial charge >= 0.3 is 0 Å². The fourth-order valence-corrected chi connectivity index (χ4v) is 1.21. The first-order valence-corrected chi connectivity index (χ1v) is 4.64. The summed E-state index contributed by atoms with van der Waals surface area (Å²) in [5.74, 6) is 0. The highest BCUT2D eigenvalue weighted by Crippen LogP contribution is 2.11. The van der Waals surface area contributed by atoms with Gasteiger partial charge in [-0.3, -0.25) is 4.98 Å². The molecule has 0 N–H and O–H groups in total. The standard InChI is InChI=1S/C11H12ClN/c1-3-9-5-6-10(4-2)13-11(9)7-8-12/h3,5-8H,1,4H2,2H3/b8-7+. The molecule has 1 nitrogen and oxygen atoms in total. The molecule has 0 aromatic carbocycles. The molecule has 2 heteroatoms. The molecule has 0 aliphatic rings. The van der Waals surface area contributed by atoms with Gasteiger partial charge in [0.1, 0.15) is 0 Å². The first kappa shape index (κ1) is 10.0. The topological polar surface area (TPSA) is 12.9 Å². The molecule has 0 amide bonds. The smallest absolute Gasteiger partial charge is 0.0713 e. The minimum atomic E-state index is 0.879. The van der Waals surface area contributed by atoms with Crippen molar-refractivity contribution >= 4 is 23.8 Å². The first-order valence-electron chi connectivity index (χ1n) is 4.21. The minimum absolute atomic E-state index is 0.879. The molecule has 0 bridgehead atoms. The number of aryl methyl sites for hydroxylation is 1. The Labute approximate surface area is 83.8 Å². The van der Waals surface area contributed by atoms with Gasteiger partial charge in [0.2, 0.25) is 0 Å². The van der Waals surface area contributed by atoms with E-state index in [2.05, 4.69) is 18.5 Å². The molecule has 0 atom stereocenters. The number of hydrogen-bond acceptors (Lipinski definition) is 1. The van der Waals surface area contributed by atoms with Crippen molar-refractivity contribution in [3.8, 4) is 0 Å². The summed E-state index contributed by atoms with van der Waals surface area (Å²) in [5.41, 5.74) is 4.42. The summed E-state index contributed by atoms with van der Waals surface area (Å²) in [7, 11) is 0. The lowest BCUT2D eigenvalue weighted by Gasteiger charge is -2.02. The first-order chi connectivity index (χ1) is 6.31. The van der Waals surface area contributed by atoms with Gasteiger partial charge in [-0.15, -0.1) is 0 Å². The predicted molar refractivity (Wildman–Crippen MR) is 58.6 cm³/mol. The van der Waals surface area contributed by atoms with E-state index in [-0.39, 0.29) is 0 Å². The van der Waals surface area contributed by atoms with Crippen LogP contribution in [-0.2, 0) is 6.42 Å². The Balaban J connectivity index is 3.17. The minimum Gasteiger partial charge on any atom is -0.253 e. The van der Waals surface area contributed by atoms with Gasteiger partial charge in [-0.1, -0.05) is 37.2 Å². The van der Waals surface area contributed by atoms with Crippen molar-refractivity contribution in [1.82, 2.24) is 4.98 Å². The summed E-state index contributed by atoms with van der Waals surface area (Å²) in [6.07, 6.45) is 4.48. The second kappa shape index (κ2) is 4.83. The molecule has 0 aliphatic carbocycles. The summed E-state index contributed by atoms with van der Waals surface area (Å²) in [6.45, 7) is 5.79. The van der Waals surface area contributed by atoms with Crippen molar-refractivity contribution in [2.24, 2.45) is 0 Å². The Morgan fingerprint density at radius 1 is 1.54 bits per heavy atom. The van der Waals surface area contributed by atoms with Gasteiger partial charge in [0.15, 0.2) is 0 Å². The normalized spacial score (nSPS) is 10.6. The molecule has 13 heavy (non-hydrogen) atoms. The number of nitrogens with zero attached hydrogens (tertiary/aromatic N) is 1. The predicted octanol–water partition coefficient (Wildman–Crippen LogP) is 3.50. The number of rotatable bonds is 3. The largest absolute Gasteiger partial charge is 0.253 e. The molecule has 0 spiro atoms. The molecule has 0 unspecified atom stereocenters. The fourth-order valence-electron chi connectivity index (χ4n) is 1.09. The van der Waals surface area contributed by atoms with Crippen LogP contribution in [0.15, 0.2) is 24.2 Å². The maximum Gasteiger partial charge on any atom is 0.0713 e. The van der Waals surface area contributed by atoms with Crippen molar-refractivity contribution < 1.29 is 0 Å². The van der Waals surface area contributed by atoms with E-state index < -0.39 is 0 Å².